The first-order valence-corrected chi connectivity index (χ1v) is 5.54. The van der Waals surface area contributed by atoms with Crippen molar-refractivity contribution in [2.45, 2.75) is 18.7 Å². The van der Waals surface area contributed by atoms with E-state index in [0.717, 1.165) is 22.6 Å². The average Bonchev–Trinajstić information content (AvgIpc) is 2.15. The number of alkyl halides is 9. The van der Waals surface area contributed by atoms with Crippen molar-refractivity contribution < 1.29 is 44.3 Å². The van der Waals surface area contributed by atoms with Gasteiger partial charge in [-0.1, -0.05) is 0 Å². The summed E-state index contributed by atoms with van der Waals surface area (Å²) < 4.78 is 113. The maximum Gasteiger partial charge on any atom is 0.573 e. The molecule has 114 valence electrons. The summed E-state index contributed by atoms with van der Waals surface area (Å²) in [5.74, 6) is -1.35. The Bertz CT molecular complexity index is 500. The molecule has 0 aromatic heterocycles. The van der Waals surface area contributed by atoms with E-state index in [2.05, 4.69) is 4.74 Å². The second-order valence-electron chi connectivity index (χ2n) is 3.34. The summed E-state index contributed by atoms with van der Waals surface area (Å²) in [6, 6.07) is 0.0827. The molecule has 0 bridgehead atoms. The van der Waals surface area contributed by atoms with Crippen LogP contribution in [0.4, 0.5) is 39.5 Å². The summed E-state index contributed by atoms with van der Waals surface area (Å²) in [6.07, 6.45) is -16.2. The maximum atomic E-state index is 12.6. The standard InChI is InChI=1S/C9H2F9IO/c10-7(11,12)3-1-2-4(20-9(16,17)18)6(19)5(3)8(13,14)15/h1-2H. The highest BCUT2D eigenvalue weighted by Crippen LogP contribution is 2.45. The predicted octanol–water partition coefficient (Wildman–Crippen LogP) is 5.23. The van der Waals surface area contributed by atoms with Crippen LogP contribution in [-0.2, 0) is 12.4 Å². The van der Waals surface area contributed by atoms with Crippen LogP contribution in [0.5, 0.6) is 5.75 Å². The zero-order valence-corrected chi connectivity index (χ0v) is 11.0. The van der Waals surface area contributed by atoms with Crippen molar-refractivity contribution in [1.82, 2.24) is 0 Å². The molecule has 0 radical (unpaired) electrons. The molecule has 1 rings (SSSR count). The lowest BCUT2D eigenvalue weighted by atomic mass is 10.1. The third kappa shape index (κ3) is 4.06. The molecule has 1 aromatic rings. The molecule has 0 N–H and O–H groups in total. The molecule has 0 amide bonds. The molecule has 11 heteroatoms. The molecular weight excluding hydrogens is 422 g/mol. The summed E-state index contributed by atoms with van der Waals surface area (Å²) in [4.78, 5) is 0. The fraction of sp³-hybridized carbons (Fsp3) is 0.333. The van der Waals surface area contributed by atoms with Crippen LogP contribution in [0.15, 0.2) is 12.1 Å². The van der Waals surface area contributed by atoms with Gasteiger partial charge in [0.2, 0.25) is 0 Å². The minimum absolute atomic E-state index is 0.105. The summed E-state index contributed by atoms with van der Waals surface area (Å²) in [5, 5.41) is 0. The van der Waals surface area contributed by atoms with Gasteiger partial charge in [-0.15, -0.1) is 13.2 Å². The molecule has 0 aliphatic carbocycles. The van der Waals surface area contributed by atoms with Crippen LogP contribution in [-0.4, -0.2) is 6.36 Å². The summed E-state index contributed by atoms with van der Waals surface area (Å²) >= 11 is 0.727. The van der Waals surface area contributed by atoms with E-state index in [9.17, 15) is 39.5 Å². The fourth-order valence-electron chi connectivity index (χ4n) is 1.27. The highest BCUT2D eigenvalue weighted by Gasteiger charge is 2.46. The van der Waals surface area contributed by atoms with E-state index >= 15 is 0 Å². The van der Waals surface area contributed by atoms with E-state index in [1.165, 1.54) is 0 Å². The second-order valence-corrected chi connectivity index (χ2v) is 4.42. The highest BCUT2D eigenvalue weighted by molar-refractivity contribution is 14.1. The zero-order chi connectivity index (χ0) is 15.9. The number of ether oxygens (including phenoxy) is 1. The first-order chi connectivity index (χ1) is 8.73. The topological polar surface area (TPSA) is 9.23 Å². The van der Waals surface area contributed by atoms with Crippen molar-refractivity contribution in [3.8, 4) is 5.75 Å². The molecule has 0 aliphatic rings. The second kappa shape index (κ2) is 5.15. The minimum atomic E-state index is -5.48. The van der Waals surface area contributed by atoms with Gasteiger partial charge in [0.05, 0.1) is 14.7 Å². The number of halogens is 10. The van der Waals surface area contributed by atoms with E-state index in [4.69, 9.17) is 0 Å². The smallest absolute Gasteiger partial charge is 0.405 e. The lowest BCUT2D eigenvalue weighted by molar-refractivity contribution is -0.275. The Balaban J connectivity index is 3.52. The Kier molecular flexibility index (Phi) is 4.42. The van der Waals surface area contributed by atoms with Crippen LogP contribution in [0, 0.1) is 3.57 Å². The SMILES string of the molecule is FC(F)(F)Oc1ccc(C(F)(F)F)c(C(F)(F)F)c1I. The van der Waals surface area contributed by atoms with Gasteiger partial charge in [0.15, 0.2) is 0 Å². The summed E-state index contributed by atoms with van der Waals surface area (Å²) in [6.45, 7) is 0. The third-order valence-corrected chi connectivity index (χ3v) is 2.99. The van der Waals surface area contributed by atoms with E-state index in [-0.39, 0.29) is 12.1 Å². The van der Waals surface area contributed by atoms with Gasteiger partial charge in [-0.05, 0) is 34.7 Å². The van der Waals surface area contributed by atoms with E-state index in [1.807, 2.05) is 0 Å². The molecule has 1 aromatic carbocycles. The first kappa shape index (κ1) is 17.2. The maximum absolute atomic E-state index is 12.6. The van der Waals surface area contributed by atoms with Crippen molar-refractivity contribution >= 4 is 22.6 Å². The molecule has 0 saturated heterocycles. The lowest BCUT2D eigenvalue weighted by Gasteiger charge is -2.19. The predicted molar refractivity (Wildman–Crippen MR) is 55.8 cm³/mol. The Morgan fingerprint density at radius 3 is 1.65 bits per heavy atom. The minimum Gasteiger partial charge on any atom is -0.405 e. The van der Waals surface area contributed by atoms with Gasteiger partial charge in [0.25, 0.3) is 0 Å². The van der Waals surface area contributed by atoms with Gasteiger partial charge < -0.3 is 4.74 Å². The van der Waals surface area contributed by atoms with Gasteiger partial charge in [-0.2, -0.15) is 26.3 Å². The molecule has 1 nitrogen and oxygen atoms in total. The fourth-order valence-corrected chi connectivity index (χ4v) is 2.16. The lowest BCUT2D eigenvalue weighted by Crippen LogP contribution is -2.22. The summed E-state index contributed by atoms with van der Waals surface area (Å²) in [7, 11) is 0. The Morgan fingerprint density at radius 2 is 1.30 bits per heavy atom. The molecule has 0 heterocycles. The van der Waals surface area contributed by atoms with Crippen molar-refractivity contribution in [3.05, 3.63) is 26.8 Å². The summed E-state index contributed by atoms with van der Waals surface area (Å²) in [5.41, 5.74) is -4.30. The highest BCUT2D eigenvalue weighted by atomic mass is 127. The number of benzene rings is 1. The number of hydrogen-bond acceptors (Lipinski definition) is 1. The molecular formula is C9H2F9IO. The van der Waals surface area contributed by atoms with Crippen molar-refractivity contribution in [1.29, 1.82) is 0 Å². The Morgan fingerprint density at radius 1 is 0.800 bits per heavy atom. The van der Waals surface area contributed by atoms with Gasteiger partial charge >= 0.3 is 18.7 Å². The van der Waals surface area contributed by atoms with Crippen LogP contribution in [0.25, 0.3) is 0 Å². The normalized spacial score (nSPS) is 13.5. The zero-order valence-electron chi connectivity index (χ0n) is 8.84. The molecule has 0 atom stereocenters. The van der Waals surface area contributed by atoms with Gasteiger partial charge in [-0.25, -0.2) is 0 Å². The van der Waals surface area contributed by atoms with Crippen LogP contribution >= 0.6 is 22.6 Å². The molecule has 0 fully saturated rings. The van der Waals surface area contributed by atoms with Crippen LogP contribution in [0.1, 0.15) is 11.1 Å². The molecule has 20 heavy (non-hydrogen) atoms. The number of rotatable bonds is 1. The van der Waals surface area contributed by atoms with E-state index in [1.54, 1.807) is 0 Å². The van der Waals surface area contributed by atoms with Crippen molar-refractivity contribution in [2.75, 3.05) is 0 Å². The quantitative estimate of drug-likeness (QED) is 0.444. The monoisotopic (exact) mass is 424 g/mol. The van der Waals surface area contributed by atoms with Crippen LogP contribution in [0.3, 0.4) is 0 Å². The molecule has 0 aliphatic heterocycles. The number of hydrogen-bond donors (Lipinski definition) is 0. The van der Waals surface area contributed by atoms with Crippen LogP contribution < -0.4 is 4.74 Å². The molecule has 0 saturated carbocycles. The van der Waals surface area contributed by atoms with E-state index < -0.39 is 39.2 Å². The van der Waals surface area contributed by atoms with E-state index in [0.29, 0.717) is 0 Å². The largest absolute Gasteiger partial charge is 0.573 e. The average molecular weight is 424 g/mol. The Labute approximate surface area is 118 Å². The third-order valence-electron chi connectivity index (χ3n) is 1.92. The van der Waals surface area contributed by atoms with Gasteiger partial charge in [-0.3, -0.25) is 0 Å². The van der Waals surface area contributed by atoms with Crippen molar-refractivity contribution in [3.63, 3.8) is 0 Å². The van der Waals surface area contributed by atoms with Gasteiger partial charge in [0, 0.05) is 0 Å². The molecule has 0 unspecified atom stereocenters. The Hall–Kier alpha value is -0.880. The van der Waals surface area contributed by atoms with Crippen molar-refractivity contribution in [2.24, 2.45) is 0 Å². The van der Waals surface area contributed by atoms with Gasteiger partial charge in [0.1, 0.15) is 5.75 Å². The first-order valence-electron chi connectivity index (χ1n) is 4.46. The molecule has 0 spiro atoms. The van der Waals surface area contributed by atoms with Crippen LogP contribution in [0.2, 0.25) is 0 Å².